The Morgan fingerprint density at radius 3 is 2.48 bits per heavy atom. The molecular weight excluding hydrogens is 450 g/mol. The molecule has 2 aromatic heterocycles. The van der Waals surface area contributed by atoms with E-state index in [0.29, 0.717) is 0 Å². The minimum absolute atomic E-state index is 0. The number of methoxy groups -OCH3 is 2. The van der Waals surface area contributed by atoms with Crippen molar-refractivity contribution in [3.8, 4) is 22.8 Å². The summed E-state index contributed by atoms with van der Waals surface area (Å²) in [5.74, 6) is 1.72. The third-order valence-corrected chi connectivity index (χ3v) is 5.73. The molecule has 152 valence electrons. The summed E-state index contributed by atoms with van der Waals surface area (Å²) < 4.78 is 10.5. The molecule has 0 saturated heterocycles. The highest BCUT2D eigenvalue weighted by molar-refractivity contribution is 8.93. The van der Waals surface area contributed by atoms with Crippen LogP contribution in [0, 0.1) is 6.92 Å². The van der Waals surface area contributed by atoms with Crippen LogP contribution in [0.5, 0.6) is 11.5 Å². The van der Waals surface area contributed by atoms with Gasteiger partial charge in [-0.15, -0.1) is 28.3 Å². The Balaban J connectivity index is 0.00000240. The summed E-state index contributed by atoms with van der Waals surface area (Å²) in [6, 6.07) is 14.2. The zero-order valence-electron chi connectivity index (χ0n) is 16.6. The van der Waals surface area contributed by atoms with E-state index in [1.165, 1.54) is 15.8 Å². The van der Waals surface area contributed by atoms with Crippen molar-refractivity contribution in [2.24, 2.45) is 0 Å². The zero-order chi connectivity index (χ0) is 19.5. The van der Waals surface area contributed by atoms with Gasteiger partial charge in [0.15, 0.2) is 5.13 Å². The molecule has 29 heavy (non-hydrogen) atoms. The molecule has 0 spiro atoms. The van der Waals surface area contributed by atoms with Crippen LogP contribution < -0.4 is 14.8 Å². The molecule has 0 radical (unpaired) electrons. The lowest BCUT2D eigenvalue weighted by molar-refractivity contribution is 0.415. The number of aromatic amines is 1. The van der Waals surface area contributed by atoms with Gasteiger partial charge in [-0.3, -0.25) is 0 Å². The van der Waals surface area contributed by atoms with Crippen LogP contribution in [0.2, 0.25) is 0 Å². The van der Waals surface area contributed by atoms with E-state index in [1.807, 2.05) is 36.4 Å². The average molecular weight is 474 g/mol. The highest BCUT2D eigenvalue weighted by atomic mass is 79.9. The first-order valence-corrected chi connectivity index (χ1v) is 9.99. The van der Waals surface area contributed by atoms with Gasteiger partial charge in [-0.05, 0) is 55.3 Å². The molecule has 5 nitrogen and oxygen atoms in total. The lowest BCUT2D eigenvalue weighted by Crippen LogP contribution is -2.04. The van der Waals surface area contributed by atoms with Crippen molar-refractivity contribution in [1.82, 2.24) is 9.97 Å². The predicted molar refractivity (Wildman–Crippen MR) is 126 cm³/mol. The first-order chi connectivity index (χ1) is 13.7. The summed E-state index contributed by atoms with van der Waals surface area (Å²) in [6.45, 7) is 2.93. The van der Waals surface area contributed by atoms with Gasteiger partial charge in [0.25, 0.3) is 0 Å². The van der Waals surface area contributed by atoms with Crippen molar-refractivity contribution in [2.75, 3.05) is 26.1 Å². The highest BCUT2D eigenvalue weighted by Crippen LogP contribution is 2.31. The van der Waals surface area contributed by atoms with E-state index in [0.717, 1.165) is 46.4 Å². The maximum atomic E-state index is 5.29. The molecule has 0 atom stereocenters. The Labute approximate surface area is 184 Å². The smallest absolute Gasteiger partial charge is 0.183 e. The molecule has 2 heterocycles. The SMILES string of the molecule is Br.COc1ccc(-c2nc(NCCc3c[nH]c4cc(OC)ccc34)sc2C)cc1. The third kappa shape index (κ3) is 4.57. The van der Waals surface area contributed by atoms with Gasteiger partial charge in [0.1, 0.15) is 11.5 Å². The van der Waals surface area contributed by atoms with Gasteiger partial charge in [-0.2, -0.15) is 0 Å². The lowest BCUT2D eigenvalue weighted by Gasteiger charge is -2.03. The molecule has 4 aromatic rings. The van der Waals surface area contributed by atoms with E-state index in [4.69, 9.17) is 14.5 Å². The minimum atomic E-state index is 0. The van der Waals surface area contributed by atoms with E-state index < -0.39 is 0 Å². The molecule has 2 N–H and O–H groups in total. The Hall–Kier alpha value is -2.51. The van der Waals surface area contributed by atoms with E-state index in [2.05, 4.69) is 29.5 Å². The van der Waals surface area contributed by atoms with Crippen LogP contribution in [0.25, 0.3) is 22.2 Å². The number of rotatable bonds is 7. The lowest BCUT2D eigenvalue weighted by atomic mass is 10.1. The van der Waals surface area contributed by atoms with Crippen LogP contribution in [0.1, 0.15) is 10.4 Å². The highest BCUT2D eigenvalue weighted by Gasteiger charge is 2.10. The van der Waals surface area contributed by atoms with Gasteiger partial charge in [0, 0.05) is 40.2 Å². The Bertz CT molecular complexity index is 1090. The molecular formula is C22H24BrN3O2S. The summed E-state index contributed by atoms with van der Waals surface area (Å²) in [4.78, 5) is 9.31. The van der Waals surface area contributed by atoms with Crippen LogP contribution in [0.15, 0.2) is 48.7 Å². The van der Waals surface area contributed by atoms with Gasteiger partial charge < -0.3 is 19.8 Å². The molecule has 2 aromatic carbocycles. The number of halogens is 1. The van der Waals surface area contributed by atoms with Gasteiger partial charge in [-0.25, -0.2) is 4.98 Å². The van der Waals surface area contributed by atoms with Crippen molar-refractivity contribution in [2.45, 2.75) is 13.3 Å². The molecule has 7 heteroatoms. The topological polar surface area (TPSA) is 59.2 Å². The predicted octanol–water partition coefficient (Wildman–Crippen LogP) is 5.85. The number of hydrogen-bond donors (Lipinski definition) is 2. The van der Waals surface area contributed by atoms with Crippen LogP contribution in [0.4, 0.5) is 5.13 Å². The molecule has 0 aliphatic rings. The number of nitrogens with zero attached hydrogens (tertiary/aromatic N) is 1. The van der Waals surface area contributed by atoms with Gasteiger partial charge in [-0.1, -0.05) is 0 Å². The summed E-state index contributed by atoms with van der Waals surface area (Å²) in [5.41, 5.74) is 4.51. The van der Waals surface area contributed by atoms with Gasteiger partial charge >= 0.3 is 0 Å². The molecule has 0 aliphatic carbocycles. The number of aryl methyl sites for hydroxylation is 1. The minimum Gasteiger partial charge on any atom is -0.497 e. The summed E-state index contributed by atoms with van der Waals surface area (Å²) in [6.07, 6.45) is 2.99. The maximum absolute atomic E-state index is 5.29. The zero-order valence-corrected chi connectivity index (χ0v) is 19.1. The van der Waals surface area contributed by atoms with Crippen LogP contribution in [0.3, 0.4) is 0 Å². The molecule has 4 rings (SSSR count). The number of aromatic nitrogens is 2. The standard InChI is InChI=1S/C22H23N3O2S.BrH/c1-14-21(15-4-6-17(26-2)7-5-15)25-22(28-14)23-11-10-16-13-24-20-12-18(27-3)8-9-19(16)20;/h4-9,12-13,24H,10-11H2,1-3H3,(H,23,25);1H. The second-order valence-corrected chi connectivity index (χ2v) is 7.76. The number of benzene rings is 2. The van der Waals surface area contributed by atoms with Crippen molar-refractivity contribution >= 4 is 44.4 Å². The molecule has 0 bridgehead atoms. The first kappa shape index (κ1) is 21.2. The molecule has 0 fully saturated rings. The number of hydrogen-bond acceptors (Lipinski definition) is 5. The number of ether oxygens (including phenoxy) is 2. The Kier molecular flexibility index (Phi) is 6.82. The number of fused-ring (bicyclic) bond motifs is 1. The quantitative estimate of drug-likeness (QED) is 0.353. The molecule has 0 saturated carbocycles. The Morgan fingerprint density at radius 2 is 1.76 bits per heavy atom. The van der Waals surface area contributed by atoms with Crippen LogP contribution in [-0.2, 0) is 6.42 Å². The summed E-state index contributed by atoms with van der Waals surface area (Å²) in [5, 5.41) is 5.65. The maximum Gasteiger partial charge on any atom is 0.183 e. The number of anilines is 1. The Morgan fingerprint density at radius 1 is 1.03 bits per heavy atom. The summed E-state index contributed by atoms with van der Waals surface area (Å²) in [7, 11) is 3.36. The number of H-pyrrole nitrogens is 1. The second kappa shape index (κ2) is 9.33. The van der Waals surface area contributed by atoms with E-state index in [1.54, 1.807) is 25.6 Å². The largest absolute Gasteiger partial charge is 0.497 e. The fraction of sp³-hybridized carbons (Fsp3) is 0.227. The number of nitrogens with one attached hydrogen (secondary N) is 2. The fourth-order valence-corrected chi connectivity index (χ4v) is 4.15. The number of thiazole rings is 1. The first-order valence-electron chi connectivity index (χ1n) is 9.17. The van der Waals surface area contributed by atoms with Gasteiger partial charge in [0.05, 0.1) is 19.9 Å². The van der Waals surface area contributed by atoms with E-state index in [-0.39, 0.29) is 17.0 Å². The monoisotopic (exact) mass is 473 g/mol. The fourth-order valence-electron chi connectivity index (χ4n) is 3.29. The molecule has 0 unspecified atom stereocenters. The van der Waals surface area contributed by atoms with Crippen molar-refractivity contribution in [1.29, 1.82) is 0 Å². The van der Waals surface area contributed by atoms with E-state index in [9.17, 15) is 0 Å². The van der Waals surface area contributed by atoms with Gasteiger partial charge in [0.2, 0.25) is 0 Å². The molecule has 0 aliphatic heterocycles. The van der Waals surface area contributed by atoms with Crippen LogP contribution >= 0.6 is 28.3 Å². The van der Waals surface area contributed by atoms with Crippen LogP contribution in [-0.4, -0.2) is 30.7 Å². The average Bonchev–Trinajstić information content (AvgIpc) is 3.31. The third-order valence-electron chi connectivity index (χ3n) is 4.81. The van der Waals surface area contributed by atoms with Crippen molar-refractivity contribution in [3.63, 3.8) is 0 Å². The second-order valence-electron chi connectivity index (χ2n) is 6.55. The van der Waals surface area contributed by atoms with E-state index >= 15 is 0 Å². The van der Waals surface area contributed by atoms with Crippen molar-refractivity contribution < 1.29 is 9.47 Å². The summed E-state index contributed by atoms with van der Waals surface area (Å²) >= 11 is 1.69. The molecule has 0 amide bonds. The normalized spacial score (nSPS) is 10.6. The van der Waals surface area contributed by atoms with Crippen molar-refractivity contribution in [3.05, 3.63) is 59.1 Å².